The zero-order valence-electron chi connectivity index (χ0n) is 13.2. The van der Waals surface area contributed by atoms with Gasteiger partial charge in [-0.3, -0.25) is 9.59 Å². The first-order valence-electron chi connectivity index (χ1n) is 7.86. The molecule has 23 heavy (non-hydrogen) atoms. The standard InChI is InChI=1S/C14H21N5O4/c1-2-12(20)15-11-9-19(17-16-11)10-13(21)18-5-3-14(4-6-18)22-7-8-23-14/h9H,2-8,10H2,1H3,(H,15,20). The summed E-state index contributed by atoms with van der Waals surface area (Å²) in [6.45, 7) is 4.31. The van der Waals surface area contributed by atoms with E-state index in [2.05, 4.69) is 15.6 Å². The van der Waals surface area contributed by atoms with Crippen LogP contribution in [0.4, 0.5) is 5.82 Å². The van der Waals surface area contributed by atoms with Crippen LogP contribution in [-0.2, 0) is 25.6 Å². The maximum absolute atomic E-state index is 12.3. The van der Waals surface area contributed by atoms with Crippen LogP contribution in [0.3, 0.4) is 0 Å². The van der Waals surface area contributed by atoms with E-state index in [1.54, 1.807) is 18.0 Å². The number of carbonyl (C=O) groups is 2. The molecule has 0 aromatic carbocycles. The topological polar surface area (TPSA) is 98.6 Å². The first-order chi connectivity index (χ1) is 11.1. The predicted octanol–water partition coefficient (Wildman–Crippen LogP) is -0.00790. The van der Waals surface area contributed by atoms with Crippen LogP contribution in [0.2, 0.25) is 0 Å². The lowest BCUT2D eigenvalue weighted by Gasteiger charge is -2.37. The highest BCUT2D eigenvalue weighted by Gasteiger charge is 2.40. The maximum atomic E-state index is 12.3. The van der Waals surface area contributed by atoms with E-state index in [0.717, 1.165) is 0 Å². The Kier molecular flexibility index (Phi) is 4.58. The molecule has 3 rings (SSSR count). The summed E-state index contributed by atoms with van der Waals surface area (Å²) >= 11 is 0. The van der Waals surface area contributed by atoms with Gasteiger partial charge in [-0.1, -0.05) is 12.1 Å². The summed E-state index contributed by atoms with van der Waals surface area (Å²) in [5, 5.41) is 10.3. The SMILES string of the molecule is CCC(=O)Nc1cn(CC(=O)N2CCC3(CC2)OCCO3)nn1. The average Bonchev–Trinajstić information content (AvgIpc) is 3.18. The van der Waals surface area contributed by atoms with Gasteiger partial charge >= 0.3 is 0 Å². The van der Waals surface area contributed by atoms with Crippen LogP contribution < -0.4 is 5.32 Å². The average molecular weight is 323 g/mol. The van der Waals surface area contributed by atoms with Crippen molar-refractivity contribution in [3.63, 3.8) is 0 Å². The molecule has 0 aliphatic carbocycles. The van der Waals surface area contributed by atoms with Gasteiger partial charge in [-0.15, -0.1) is 5.10 Å². The summed E-state index contributed by atoms with van der Waals surface area (Å²) in [6.07, 6.45) is 3.30. The van der Waals surface area contributed by atoms with Crippen molar-refractivity contribution in [2.45, 2.75) is 38.5 Å². The van der Waals surface area contributed by atoms with Crippen molar-refractivity contribution < 1.29 is 19.1 Å². The number of rotatable bonds is 4. The third-order valence-electron chi connectivity index (χ3n) is 4.12. The third-order valence-corrected chi connectivity index (χ3v) is 4.12. The summed E-state index contributed by atoms with van der Waals surface area (Å²) in [5.74, 6) is -0.297. The van der Waals surface area contributed by atoms with Gasteiger partial charge in [0.25, 0.3) is 0 Å². The molecule has 0 radical (unpaired) electrons. The summed E-state index contributed by atoms with van der Waals surface area (Å²) in [6, 6.07) is 0. The molecule has 1 N–H and O–H groups in total. The predicted molar refractivity (Wildman–Crippen MR) is 79.4 cm³/mol. The van der Waals surface area contributed by atoms with Crippen LogP contribution >= 0.6 is 0 Å². The molecule has 3 heterocycles. The number of piperidine rings is 1. The van der Waals surface area contributed by atoms with Crippen molar-refractivity contribution in [3.8, 4) is 0 Å². The number of hydrogen-bond donors (Lipinski definition) is 1. The first-order valence-corrected chi connectivity index (χ1v) is 7.86. The minimum Gasteiger partial charge on any atom is -0.347 e. The third kappa shape index (κ3) is 3.67. The quantitative estimate of drug-likeness (QED) is 0.837. The molecule has 0 unspecified atom stereocenters. The van der Waals surface area contributed by atoms with Gasteiger partial charge in [0.2, 0.25) is 11.8 Å². The Morgan fingerprint density at radius 3 is 2.65 bits per heavy atom. The Bertz CT molecular complexity index is 571. The summed E-state index contributed by atoms with van der Waals surface area (Å²) in [5.41, 5.74) is 0. The first kappa shape index (κ1) is 15.9. The van der Waals surface area contributed by atoms with Crippen molar-refractivity contribution in [2.75, 3.05) is 31.6 Å². The molecule has 1 aromatic rings. The smallest absolute Gasteiger partial charge is 0.244 e. The minimum atomic E-state index is -0.484. The van der Waals surface area contributed by atoms with Crippen LogP contribution in [0.25, 0.3) is 0 Å². The summed E-state index contributed by atoms with van der Waals surface area (Å²) < 4.78 is 12.7. The van der Waals surface area contributed by atoms with Crippen LogP contribution in [0, 0.1) is 0 Å². The fraction of sp³-hybridized carbons (Fsp3) is 0.714. The number of ether oxygens (including phenoxy) is 2. The van der Waals surface area contributed by atoms with Crippen molar-refractivity contribution in [1.29, 1.82) is 0 Å². The van der Waals surface area contributed by atoms with E-state index in [4.69, 9.17) is 9.47 Å². The van der Waals surface area contributed by atoms with Crippen LogP contribution in [0.1, 0.15) is 26.2 Å². The van der Waals surface area contributed by atoms with Crippen LogP contribution in [0.5, 0.6) is 0 Å². The van der Waals surface area contributed by atoms with E-state index in [1.165, 1.54) is 4.68 Å². The molecule has 9 nitrogen and oxygen atoms in total. The number of likely N-dealkylation sites (tertiary alicyclic amines) is 1. The highest BCUT2D eigenvalue weighted by molar-refractivity contribution is 5.89. The van der Waals surface area contributed by atoms with Crippen LogP contribution in [-0.4, -0.2) is 63.8 Å². The largest absolute Gasteiger partial charge is 0.347 e. The van der Waals surface area contributed by atoms with E-state index in [1.807, 2.05) is 0 Å². The highest BCUT2D eigenvalue weighted by Crippen LogP contribution is 2.31. The normalized spacial score (nSPS) is 20.0. The number of nitrogens with one attached hydrogen (secondary N) is 1. The monoisotopic (exact) mass is 323 g/mol. The van der Waals surface area contributed by atoms with Gasteiger partial charge in [0, 0.05) is 32.4 Å². The Morgan fingerprint density at radius 1 is 1.30 bits per heavy atom. The van der Waals surface area contributed by atoms with E-state index in [9.17, 15) is 9.59 Å². The molecule has 2 aliphatic rings. The number of carbonyl (C=O) groups excluding carboxylic acids is 2. The fourth-order valence-corrected chi connectivity index (χ4v) is 2.79. The fourth-order valence-electron chi connectivity index (χ4n) is 2.79. The molecule has 2 saturated heterocycles. The zero-order valence-corrected chi connectivity index (χ0v) is 13.2. The Morgan fingerprint density at radius 2 is 2.00 bits per heavy atom. The van der Waals surface area contributed by atoms with Crippen LogP contribution in [0.15, 0.2) is 6.20 Å². The van der Waals surface area contributed by atoms with Gasteiger partial charge in [-0.05, 0) is 0 Å². The van der Waals surface area contributed by atoms with Gasteiger partial charge in [-0.25, -0.2) is 4.68 Å². The number of aromatic nitrogens is 3. The maximum Gasteiger partial charge on any atom is 0.244 e. The molecule has 2 aliphatic heterocycles. The molecular formula is C14H21N5O4. The number of nitrogens with zero attached hydrogens (tertiary/aromatic N) is 4. The Labute approximate surface area is 133 Å². The second kappa shape index (κ2) is 6.63. The second-order valence-corrected chi connectivity index (χ2v) is 5.69. The van der Waals surface area contributed by atoms with Gasteiger partial charge in [-0.2, -0.15) is 0 Å². The van der Waals surface area contributed by atoms with E-state index in [0.29, 0.717) is 51.4 Å². The van der Waals surface area contributed by atoms with Gasteiger partial charge in [0.15, 0.2) is 11.6 Å². The van der Waals surface area contributed by atoms with E-state index >= 15 is 0 Å². The van der Waals surface area contributed by atoms with Gasteiger partial charge < -0.3 is 19.7 Å². The lowest BCUT2D eigenvalue weighted by atomic mass is 10.0. The van der Waals surface area contributed by atoms with Gasteiger partial charge in [0.1, 0.15) is 6.54 Å². The minimum absolute atomic E-state index is 0.0314. The van der Waals surface area contributed by atoms with Gasteiger partial charge in [0.05, 0.1) is 19.4 Å². The van der Waals surface area contributed by atoms with Crippen molar-refractivity contribution in [3.05, 3.63) is 6.20 Å². The number of anilines is 1. The summed E-state index contributed by atoms with van der Waals surface area (Å²) in [7, 11) is 0. The molecule has 0 bridgehead atoms. The highest BCUT2D eigenvalue weighted by atomic mass is 16.7. The Hall–Kier alpha value is -2.00. The zero-order chi connectivity index (χ0) is 16.3. The van der Waals surface area contributed by atoms with E-state index < -0.39 is 5.79 Å². The Balaban J connectivity index is 1.50. The summed E-state index contributed by atoms with van der Waals surface area (Å²) in [4.78, 5) is 25.4. The lowest BCUT2D eigenvalue weighted by Crippen LogP contribution is -2.48. The number of amides is 2. The van der Waals surface area contributed by atoms with Crippen molar-refractivity contribution >= 4 is 17.6 Å². The molecule has 0 saturated carbocycles. The molecule has 9 heteroatoms. The molecule has 1 spiro atoms. The lowest BCUT2D eigenvalue weighted by molar-refractivity contribution is -0.187. The molecule has 126 valence electrons. The van der Waals surface area contributed by atoms with Crippen molar-refractivity contribution in [1.82, 2.24) is 19.9 Å². The molecule has 0 atom stereocenters. The molecule has 1 aromatic heterocycles. The molecule has 2 amide bonds. The molecule has 2 fully saturated rings. The molecular weight excluding hydrogens is 302 g/mol. The number of hydrogen-bond acceptors (Lipinski definition) is 6. The second-order valence-electron chi connectivity index (χ2n) is 5.69. The van der Waals surface area contributed by atoms with E-state index in [-0.39, 0.29) is 18.4 Å². The van der Waals surface area contributed by atoms with Crippen molar-refractivity contribution in [2.24, 2.45) is 0 Å².